The number of ether oxygens (including phenoxy) is 2. The van der Waals surface area contributed by atoms with Crippen LogP contribution in [-0.2, 0) is 22.4 Å². The minimum Gasteiger partial charge on any atom is -0.494 e. The van der Waals surface area contributed by atoms with E-state index in [0.29, 0.717) is 40.9 Å². The molecule has 0 saturated carbocycles. The number of rotatable bonds is 8. The van der Waals surface area contributed by atoms with E-state index in [1.807, 2.05) is 6.92 Å². The Balaban J connectivity index is 1.25. The van der Waals surface area contributed by atoms with Crippen molar-refractivity contribution in [1.82, 2.24) is 0 Å². The lowest BCUT2D eigenvalue weighted by atomic mass is 9.88. The van der Waals surface area contributed by atoms with Gasteiger partial charge in [-0.1, -0.05) is 6.92 Å². The molecule has 0 fully saturated rings. The molecule has 1 aliphatic carbocycles. The van der Waals surface area contributed by atoms with Gasteiger partial charge in [-0.2, -0.15) is 0 Å². The van der Waals surface area contributed by atoms with E-state index < -0.39 is 36.2 Å². The highest BCUT2D eigenvalue weighted by atomic mass is 32.1. The van der Waals surface area contributed by atoms with E-state index in [1.54, 1.807) is 24.3 Å². The zero-order chi connectivity index (χ0) is 28.6. The summed E-state index contributed by atoms with van der Waals surface area (Å²) in [6.45, 7) is 3.85. The number of hydrogen-bond acceptors (Lipinski definition) is 8. The first kappa shape index (κ1) is 27.1. The monoisotopic (exact) mass is 561 g/mol. The van der Waals surface area contributed by atoms with E-state index in [9.17, 15) is 24.0 Å². The Kier molecular flexibility index (Phi) is 7.40. The van der Waals surface area contributed by atoms with Crippen molar-refractivity contribution in [1.29, 1.82) is 0 Å². The molecule has 10 nitrogen and oxygen atoms in total. The maximum atomic E-state index is 13.1. The molecule has 0 spiro atoms. The normalized spacial score (nSPS) is 15.8. The summed E-state index contributed by atoms with van der Waals surface area (Å²) in [7, 11) is 0. The number of fused-ring (bicyclic) bond motifs is 2. The van der Waals surface area contributed by atoms with Gasteiger partial charge in [0, 0.05) is 4.88 Å². The van der Waals surface area contributed by atoms with Crippen molar-refractivity contribution in [3.63, 3.8) is 0 Å². The number of carbonyl (C=O) groups excluding carboxylic acids is 5. The maximum Gasteiger partial charge on any atom is 0.338 e. The first-order valence-corrected chi connectivity index (χ1v) is 13.7. The predicted molar refractivity (Wildman–Crippen MR) is 148 cm³/mol. The number of esters is 1. The lowest BCUT2D eigenvalue weighted by Gasteiger charge is -2.18. The van der Waals surface area contributed by atoms with Crippen LogP contribution in [0.1, 0.15) is 72.1 Å². The van der Waals surface area contributed by atoms with Crippen LogP contribution in [0, 0.1) is 5.92 Å². The Morgan fingerprint density at radius 2 is 1.80 bits per heavy atom. The Labute approximate surface area is 234 Å². The molecule has 1 aliphatic heterocycles. The Hall–Kier alpha value is -4.51. The van der Waals surface area contributed by atoms with Crippen molar-refractivity contribution < 1.29 is 33.4 Å². The summed E-state index contributed by atoms with van der Waals surface area (Å²) < 4.78 is 10.6. The number of nitrogens with one attached hydrogen (secondary N) is 1. The molecule has 40 heavy (non-hydrogen) atoms. The van der Waals surface area contributed by atoms with Gasteiger partial charge in [-0.3, -0.25) is 19.2 Å². The summed E-state index contributed by atoms with van der Waals surface area (Å²) in [5.41, 5.74) is 7.38. The van der Waals surface area contributed by atoms with Crippen LogP contribution in [0.3, 0.4) is 0 Å². The smallest absolute Gasteiger partial charge is 0.338 e. The van der Waals surface area contributed by atoms with Crippen LogP contribution < -0.4 is 20.7 Å². The average Bonchev–Trinajstić information content (AvgIpc) is 3.41. The number of imide groups is 1. The van der Waals surface area contributed by atoms with Crippen LogP contribution in [0.4, 0.5) is 10.7 Å². The molecule has 4 amide bonds. The van der Waals surface area contributed by atoms with E-state index in [2.05, 4.69) is 12.2 Å². The fraction of sp³-hybridized carbons (Fsp3) is 0.276. The molecular formula is C29H27N3O7S. The van der Waals surface area contributed by atoms with Gasteiger partial charge in [0.2, 0.25) is 0 Å². The third-order valence-corrected chi connectivity index (χ3v) is 8.04. The highest BCUT2D eigenvalue weighted by Gasteiger charge is 2.37. The summed E-state index contributed by atoms with van der Waals surface area (Å²) in [4.78, 5) is 65.5. The van der Waals surface area contributed by atoms with Gasteiger partial charge in [0.25, 0.3) is 23.6 Å². The lowest BCUT2D eigenvalue weighted by Crippen LogP contribution is -2.29. The van der Waals surface area contributed by atoms with E-state index in [4.69, 9.17) is 15.2 Å². The van der Waals surface area contributed by atoms with Crippen molar-refractivity contribution in [3.8, 4) is 5.75 Å². The van der Waals surface area contributed by atoms with E-state index in [0.717, 1.165) is 28.2 Å². The molecule has 0 unspecified atom stereocenters. The van der Waals surface area contributed by atoms with Gasteiger partial charge < -0.3 is 20.5 Å². The largest absolute Gasteiger partial charge is 0.494 e. The minimum atomic E-state index is -0.841. The molecule has 3 N–H and O–H groups in total. The Morgan fingerprint density at radius 1 is 1.07 bits per heavy atom. The summed E-state index contributed by atoms with van der Waals surface area (Å²) in [5.74, 6) is -2.09. The number of primary amides is 1. The number of amides is 4. The van der Waals surface area contributed by atoms with Crippen LogP contribution >= 0.6 is 11.3 Å². The highest BCUT2D eigenvalue weighted by molar-refractivity contribution is 7.17. The molecule has 1 atom stereocenters. The van der Waals surface area contributed by atoms with Crippen molar-refractivity contribution in [2.24, 2.45) is 11.7 Å². The molecule has 0 radical (unpaired) electrons. The zero-order valence-electron chi connectivity index (χ0n) is 21.9. The SMILES string of the molecule is CCOc1ccc(N2C(=O)c3ccc(C(=O)OCC(=O)Nc4sc5c(c4C(N)=O)CC[C@H](C)C5)cc3C2=O)cc1. The minimum absolute atomic E-state index is 0.0136. The third kappa shape index (κ3) is 5.07. The van der Waals surface area contributed by atoms with Gasteiger partial charge in [0.15, 0.2) is 6.61 Å². The molecule has 0 bridgehead atoms. The van der Waals surface area contributed by atoms with Gasteiger partial charge in [-0.15, -0.1) is 11.3 Å². The molecule has 2 aliphatic rings. The molecule has 2 heterocycles. The second-order valence-electron chi connectivity index (χ2n) is 9.68. The van der Waals surface area contributed by atoms with Crippen LogP contribution in [0.25, 0.3) is 0 Å². The third-order valence-electron chi connectivity index (χ3n) is 6.87. The zero-order valence-corrected chi connectivity index (χ0v) is 22.8. The van der Waals surface area contributed by atoms with E-state index in [1.165, 1.54) is 29.5 Å². The topological polar surface area (TPSA) is 145 Å². The quantitative estimate of drug-likeness (QED) is 0.313. The highest BCUT2D eigenvalue weighted by Crippen LogP contribution is 2.39. The average molecular weight is 562 g/mol. The number of thiophene rings is 1. The molecule has 2 aromatic carbocycles. The second kappa shape index (κ2) is 10.9. The first-order chi connectivity index (χ1) is 19.2. The van der Waals surface area contributed by atoms with Crippen molar-refractivity contribution in [2.45, 2.75) is 33.1 Å². The summed E-state index contributed by atoms with van der Waals surface area (Å²) in [5, 5.41) is 3.00. The lowest BCUT2D eigenvalue weighted by molar-refractivity contribution is -0.119. The van der Waals surface area contributed by atoms with E-state index in [-0.39, 0.29) is 16.7 Å². The molecule has 11 heteroatoms. The summed E-state index contributed by atoms with van der Waals surface area (Å²) in [6, 6.07) is 10.6. The summed E-state index contributed by atoms with van der Waals surface area (Å²) in [6.07, 6.45) is 2.45. The van der Waals surface area contributed by atoms with E-state index >= 15 is 0 Å². The van der Waals surface area contributed by atoms with Crippen LogP contribution in [0.5, 0.6) is 5.75 Å². The molecule has 5 rings (SSSR count). The van der Waals surface area contributed by atoms with Crippen LogP contribution in [-0.4, -0.2) is 42.8 Å². The van der Waals surface area contributed by atoms with Crippen molar-refractivity contribution in [3.05, 3.63) is 75.2 Å². The van der Waals surface area contributed by atoms with Gasteiger partial charge in [0.05, 0.1) is 34.5 Å². The Bertz CT molecular complexity index is 1540. The van der Waals surface area contributed by atoms with Crippen molar-refractivity contribution >= 4 is 51.6 Å². The van der Waals surface area contributed by atoms with Gasteiger partial charge in [-0.05, 0) is 80.1 Å². The number of benzene rings is 2. The fourth-order valence-corrected chi connectivity index (χ4v) is 6.37. The molecule has 0 saturated heterocycles. The molecule has 1 aromatic heterocycles. The molecular weight excluding hydrogens is 534 g/mol. The van der Waals surface area contributed by atoms with Crippen LogP contribution in [0.15, 0.2) is 42.5 Å². The number of anilines is 2. The van der Waals surface area contributed by atoms with Crippen LogP contribution in [0.2, 0.25) is 0 Å². The second-order valence-corrected chi connectivity index (χ2v) is 10.8. The summed E-state index contributed by atoms with van der Waals surface area (Å²) >= 11 is 1.31. The van der Waals surface area contributed by atoms with Gasteiger partial charge in [-0.25, -0.2) is 9.69 Å². The maximum absolute atomic E-state index is 13.1. The predicted octanol–water partition coefficient (Wildman–Crippen LogP) is 3.97. The number of carbonyl (C=O) groups is 5. The van der Waals surface area contributed by atoms with Gasteiger partial charge >= 0.3 is 5.97 Å². The number of nitrogens with two attached hydrogens (primary N) is 1. The Morgan fingerprint density at radius 3 is 2.50 bits per heavy atom. The molecule has 3 aromatic rings. The fourth-order valence-electron chi connectivity index (χ4n) is 4.94. The number of nitrogens with zero attached hydrogens (tertiary/aromatic N) is 1. The number of hydrogen-bond donors (Lipinski definition) is 2. The first-order valence-electron chi connectivity index (χ1n) is 12.8. The van der Waals surface area contributed by atoms with Gasteiger partial charge in [0.1, 0.15) is 10.8 Å². The van der Waals surface area contributed by atoms with Crippen molar-refractivity contribution in [2.75, 3.05) is 23.4 Å². The standard InChI is InChI=1S/C29H27N3O7S/c1-3-38-18-8-6-17(7-9-18)32-27(35)19-11-5-16(13-21(19)28(32)36)29(37)39-14-23(33)31-26-24(25(30)34)20-10-4-15(2)12-22(20)40-26/h5-9,11,13,15H,3-4,10,12,14H2,1-2H3,(H2,30,34)(H,31,33)/t15-/m0/s1. The molecule has 206 valence electrons.